The second-order valence-electron chi connectivity index (χ2n) is 9.72. The van der Waals surface area contributed by atoms with Crippen LogP contribution in [0.2, 0.25) is 0 Å². The highest BCUT2D eigenvalue weighted by Crippen LogP contribution is 2.37. The molecule has 0 bridgehead atoms. The summed E-state index contributed by atoms with van der Waals surface area (Å²) in [7, 11) is 2.11. The minimum atomic E-state index is -0.619. The third kappa shape index (κ3) is 4.28. The fraction of sp³-hybridized carbons (Fsp3) is 0.267. The Morgan fingerprint density at radius 3 is 2.40 bits per heavy atom. The van der Waals surface area contributed by atoms with Crippen LogP contribution in [0.5, 0.6) is 0 Å². The molecule has 0 unspecified atom stereocenters. The highest BCUT2D eigenvalue weighted by Gasteiger charge is 2.23. The van der Waals surface area contributed by atoms with Gasteiger partial charge < -0.3 is 9.67 Å². The van der Waals surface area contributed by atoms with Crippen LogP contribution >= 0.6 is 0 Å². The second kappa shape index (κ2) is 9.16. The van der Waals surface area contributed by atoms with Crippen LogP contribution in [0, 0.1) is 13.8 Å². The summed E-state index contributed by atoms with van der Waals surface area (Å²) in [5.41, 5.74) is 8.67. The number of aryl methyl sites for hydroxylation is 2. The molecule has 0 saturated heterocycles. The minimum absolute atomic E-state index is 0.298. The van der Waals surface area contributed by atoms with Gasteiger partial charge in [-0.15, -0.1) is 0 Å². The van der Waals surface area contributed by atoms with Gasteiger partial charge in [-0.25, -0.2) is 4.98 Å². The summed E-state index contributed by atoms with van der Waals surface area (Å²) in [5, 5.41) is 16.6. The van der Waals surface area contributed by atoms with E-state index in [9.17, 15) is 5.11 Å². The third-order valence-electron chi connectivity index (χ3n) is 6.71. The van der Waals surface area contributed by atoms with Gasteiger partial charge in [0.2, 0.25) is 0 Å². The molecular weight excluding hydrogens is 432 g/mol. The Balaban J connectivity index is 1.61. The molecule has 5 aromatic rings. The summed E-state index contributed by atoms with van der Waals surface area (Å²) >= 11 is 0. The smallest absolute Gasteiger partial charge is 0.140 e. The number of nitrogens with zero attached hydrogens (tertiary/aromatic N) is 4. The molecule has 1 N–H and O–H groups in total. The summed E-state index contributed by atoms with van der Waals surface area (Å²) in [4.78, 5) is 5.21. The number of hydrogen-bond donors (Lipinski definition) is 1. The Morgan fingerprint density at radius 1 is 0.914 bits per heavy atom. The molecule has 0 aliphatic rings. The predicted octanol–water partition coefficient (Wildman–Crippen LogP) is 6.58. The monoisotopic (exact) mass is 464 g/mol. The molecule has 35 heavy (non-hydrogen) atoms. The van der Waals surface area contributed by atoms with Crippen molar-refractivity contribution in [2.75, 3.05) is 0 Å². The van der Waals surface area contributed by atoms with Gasteiger partial charge in [0.1, 0.15) is 5.82 Å². The fourth-order valence-electron chi connectivity index (χ4n) is 5.03. The Labute approximate surface area is 206 Å². The molecule has 178 valence electrons. The molecule has 0 spiro atoms. The van der Waals surface area contributed by atoms with E-state index in [1.165, 1.54) is 16.8 Å². The van der Waals surface area contributed by atoms with Crippen LogP contribution in [-0.4, -0.2) is 24.4 Å². The van der Waals surface area contributed by atoms with Gasteiger partial charge >= 0.3 is 0 Å². The number of benzene rings is 3. The van der Waals surface area contributed by atoms with Crippen LogP contribution in [-0.2, 0) is 13.6 Å². The van der Waals surface area contributed by atoms with Gasteiger partial charge in [-0.1, -0.05) is 80.1 Å². The lowest BCUT2D eigenvalue weighted by atomic mass is 10.0. The Hall–Kier alpha value is -3.70. The Kier molecular flexibility index (Phi) is 6.03. The highest BCUT2D eigenvalue weighted by atomic mass is 16.3. The zero-order chi connectivity index (χ0) is 24.7. The molecule has 2 heterocycles. The van der Waals surface area contributed by atoms with Crippen molar-refractivity contribution in [1.29, 1.82) is 0 Å². The van der Waals surface area contributed by atoms with Crippen LogP contribution < -0.4 is 0 Å². The first-order valence-corrected chi connectivity index (χ1v) is 12.2. The van der Waals surface area contributed by atoms with Crippen LogP contribution in [0.25, 0.3) is 33.5 Å². The molecule has 5 rings (SSSR count). The Morgan fingerprint density at radius 2 is 1.69 bits per heavy atom. The number of aromatic nitrogens is 4. The zero-order valence-electron chi connectivity index (χ0n) is 21.0. The van der Waals surface area contributed by atoms with Gasteiger partial charge in [0, 0.05) is 35.5 Å². The lowest BCUT2D eigenvalue weighted by Gasteiger charge is -2.12. The zero-order valence-corrected chi connectivity index (χ0v) is 21.0. The van der Waals surface area contributed by atoms with Crippen molar-refractivity contribution in [3.05, 3.63) is 95.3 Å². The quantitative estimate of drug-likeness (QED) is 0.309. The average molecular weight is 465 g/mol. The van der Waals surface area contributed by atoms with Crippen molar-refractivity contribution in [2.45, 2.75) is 46.3 Å². The molecule has 5 heteroatoms. The summed E-state index contributed by atoms with van der Waals surface area (Å²) in [6.45, 7) is 9.09. The van der Waals surface area contributed by atoms with Crippen molar-refractivity contribution in [3.8, 4) is 22.6 Å². The number of aliphatic hydroxyl groups excluding tert-OH is 1. The van der Waals surface area contributed by atoms with Crippen LogP contribution in [0.4, 0.5) is 0 Å². The molecule has 0 radical (unpaired) electrons. The van der Waals surface area contributed by atoms with Gasteiger partial charge in [-0.3, -0.25) is 4.68 Å². The third-order valence-corrected chi connectivity index (χ3v) is 6.71. The van der Waals surface area contributed by atoms with E-state index in [0.29, 0.717) is 12.5 Å². The number of aliphatic hydroxyl groups is 1. The van der Waals surface area contributed by atoms with E-state index in [0.717, 1.165) is 39.1 Å². The second-order valence-corrected chi connectivity index (χ2v) is 9.72. The average Bonchev–Trinajstić information content (AvgIpc) is 3.40. The number of hydrogen-bond acceptors (Lipinski definition) is 3. The molecule has 0 amide bonds. The lowest BCUT2D eigenvalue weighted by Crippen LogP contribution is -2.08. The van der Waals surface area contributed by atoms with E-state index in [1.54, 1.807) is 0 Å². The number of fused-ring (bicyclic) bond motifs is 1. The fourth-order valence-corrected chi connectivity index (χ4v) is 5.03. The standard InChI is InChI=1S/C30H32N4O/c1-19(2)29-28(31-30(33(29)5)23-15-14-20(3)16-21(23)4)24-12-9-13-26-25(24)17-34(32-26)18-27(35)22-10-7-6-8-11-22/h6-17,19,27,35H,18H2,1-5H3/t27-/m0/s1. The molecule has 0 aliphatic carbocycles. The van der Waals surface area contributed by atoms with Crippen molar-refractivity contribution in [2.24, 2.45) is 7.05 Å². The lowest BCUT2D eigenvalue weighted by molar-refractivity contribution is 0.152. The molecular formula is C30H32N4O. The number of rotatable bonds is 6. The number of imidazole rings is 1. The molecule has 5 nitrogen and oxygen atoms in total. The van der Waals surface area contributed by atoms with E-state index in [1.807, 2.05) is 53.3 Å². The molecule has 0 saturated carbocycles. The normalized spacial score (nSPS) is 12.5. The molecule has 2 aromatic heterocycles. The first-order chi connectivity index (χ1) is 16.8. The topological polar surface area (TPSA) is 55.9 Å². The maximum Gasteiger partial charge on any atom is 0.140 e. The van der Waals surface area contributed by atoms with E-state index in [2.05, 4.69) is 63.6 Å². The van der Waals surface area contributed by atoms with Crippen molar-refractivity contribution in [3.63, 3.8) is 0 Å². The van der Waals surface area contributed by atoms with Crippen molar-refractivity contribution < 1.29 is 5.11 Å². The first-order valence-electron chi connectivity index (χ1n) is 12.2. The summed E-state index contributed by atoms with van der Waals surface area (Å²) in [5.74, 6) is 1.28. The van der Waals surface area contributed by atoms with Crippen molar-refractivity contribution >= 4 is 10.9 Å². The summed E-state index contributed by atoms with van der Waals surface area (Å²) < 4.78 is 4.08. The summed E-state index contributed by atoms with van der Waals surface area (Å²) in [6.07, 6.45) is 1.41. The molecule has 0 fully saturated rings. The summed E-state index contributed by atoms with van der Waals surface area (Å²) in [6, 6.07) is 22.4. The molecule has 3 aromatic carbocycles. The van der Waals surface area contributed by atoms with E-state index >= 15 is 0 Å². The maximum absolute atomic E-state index is 10.7. The first kappa shape index (κ1) is 23.1. The Bertz CT molecular complexity index is 1490. The maximum atomic E-state index is 10.7. The van der Waals surface area contributed by atoms with Gasteiger partial charge in [0.05, 0.1) is 23.9 Å². The van der Waals surface area contributed by atoms with Gasteiger partial charge in [-0.05, 0) is 37.0 Å². The SMILES string of the molecule is Cc1ccc(-c2nc(-c3cccc4nn(C[C@H](O)c5ccccc5)cc34)c(C(C)C)n2C)c(C)c1. The van der Waals surface area contributed by atoms with Gasteiger partial charge in [0.15, 0.2) is 0 Å². The van der Waals surface area contributed by atoms with Crippen molar-refractivity contribution in [1.82, 2.24) is 19.3 Å². The molecule has 1 atom stereocenters. The van der Waals surface area contributed by atoms with Crippen LogP contribution in [0.1, 0.15) is 48.3 Å². The van der Waals surface area contributed by atoms with Crippen LogP contribution in [0.3, 0.4) is 0 Å². The van der Waals surface area contributed by atoms with E-state index in [-0.39, 0.29) is 0 Å². The largest absolute Gasteiger partial charge is 0.386 e. The van der Waals surface area contributed by atoms with Crippen LogP contribution in [0.15, 0.2) is 72.9 Å². The highest BCUT2D eigenvalue weighted by molar-refractivity contribution is 5.94. The van der Waals surface area contributed by atoms with E-state index < -0.39 is 6.10 Å². The van der Waals surface area contributed by atoms with Gasteiger partial charge in [-0.2, -0.15) is 5.10 Å². The molecule has 0 aliphatic heterocycles. The van der Waals surface area contributed by atoms with E-state index in [4.69, 9.17) is 10.1 Å². The van der Waals surface area contributed by atoms with Gasteiger partial charge in [0.25, 0.3) is 0 Å². The minimum Gasteiger partial charge on any atom is -0.386 e. The predicted molar refractivity (Wildman–Crippen MR) is 142 cm³/mol.